The third kappa shape index (κ3) is 3.37. The molecule has 3 rings (SSSR count). The molecule has 0 saturated carbocycles. The van der Waals surface area contributed by atoms with Crippen molar-refractivity contribution < 1.29 is 9.72 Å². The van der Waals surface area contributed by atoms with Gasteiger partial charge in [0.25, 0.3) is 11.2 Å². The molecule has 7 nitrogen and oxygen atoms in total. The number of nitro groups is 1. The highest BCUT2D eigenvalue weighted by Gasteiger charge is 2.13. The first kappa shape index (κ1) is 17.5. The van der Waals surface area contributed by atoms with Gasteiger partial charge in [-0.25, -0.2) is 4.98 Å². The molecule has 0 aliphatic heterocycles. The van der Waals surface area contributed by atoms with Gasteiger partial charge < -0.3 is 0 Å². The van der Waals surface area contributed by atoms with Gasteiger partial charge in [-0.05, 0) is 17.5 Å². The SMILES string of the molecule is CC(C)c1ccc(C(=O)Cn2cnc3cc([N+](=O)[O-])ccc3c2=O)cc1. The van der Waals surface area contributed by atoms with Crippen LogP contribution in [0, 0.1) is 10.1 Å². The summed E-state index contributed by atoms with van der Waals surface area (Å²) in [5.74, 6) is 0.168. The fraction of sp³-hybridized carbons (Fsp3) is 0.211. The predicted octanol–water partition coefficient (Wildman–Crippen LogP) is 3.31. The number of carbonyl (C=O) groups excluding carboxylic acids is 1. The van der Waals surface area contributed by atoms with Crippen LogP contribution in [0.1, 0.15) is 35.7 Å². The highest BCUT2D eigenvalue weighted by atomic mass is 16.6. The fourth-order valence-corrected chi connectivity index (χ4v) is 2.67. The maximum atomic E-state index is 12.5. The zero-order valence-corrected chi connectivity index (χ0v) is 14.4. The standard InChI is InChI=1S/C19H17N3O4/c1-12(2)13-3-5-14(6-4-13)18(23)10-21-11-20-17-9-15(22(25)26)7-8-16(17)19(21)24/h3-9,11-12H,10H2,1-2H3. The Balaban J connectivity index is 1.89. The molecule has 0 unspecified atom stereocenters. The average Bonchev–Trinajstić information content (AvgIpc) is 2.63. The molecule has 7 heteroatoms. The number of fused-ring (bicyclic) bond motifs is 1. The minimum Gasteiger partial charge on any atom is -0.292 e. The van der Waals surface area contributed by atoms with Crippen LogP contribution in [0.15, 0.2) is 53.6 Å². The van der Waals surface area contributed by atoms with Gasteiger partial charge in [0.1, 0.15) is 0 Å². The normalized spacial score (nSPS) is 11.0. The Morgan fingerprint density at radius 1 is 1.19 bits per heavy atom. The number of aromatic nitrogens is 2. The Bertz CT molecular complexity index is 1050. The number of nitro benzene ring substituents is 1. The van der Waals surface area contributed by atoms with Crippen LogP contribution in [0.25, 0.3) is 10.9 Å². The van der Waals surface area contributed by atoms with Gasteiger partial charge in [0, 0.05) is 17.7 Å². The Morgan fingerprint density at radius 3 is 2.50 bits per heavy atom. The summed E-state index contributed by atoms with van der Waals surface area (Å²) in [4.78, 5) is 39.3. The molecule has 0 fully saturated rings. The van der Waals surface area contributed by atoms with E-state index in [4.69, 9.17) is 0 Å². The molecule has 0 aliphatic carbocycles. The van der Waals surface area contributed by atoms with Crippen molar-refractivity contribution in [1.82, 2.24) is 9.55 Å². The molecule has 0 saturated heterocycles. The second kappa shape index (κ2) is 6.87. The first-order chi connectivity index (χ1) is 12.4. The maximum Gasteiger partial charge on any atom is 0.271 e. The zero-order chi connectivity index (χ0) is 18.8. The Hall–Kier alpha value is -3.35. The smallest absolute Gasteiger partial charge is 0.271 e. The number of non-ortho nitro benzene ring substituents is 1. The number of carbonyl (C=O) groups is 1. The van der Waals surface area contributed by atoms with Crippen LogP contribution < -0.4 is 5.56 Å². The summed E-state index contributed by atoms with van der Waals surface area (Å²) in [6, 6.07) is 11.2. The molecule has 1 heterocycles. The Labute approximate surface area is 149 Å². The molecule has 1 aromatic heterocycles. The summed E-state index contributed by atoms with van der Waals surface area (Å²) in [5.41, 5.74) is 1.34. The van der Waals surface area contributed by atoms with Crippen LogP contribution in [0.5, 0.6) is 0 Å². The molecule has 2 aromatic carbocycles. The molecular formula is C19H17N3O4. The van der Waals surface area contributed by atoms with E-state index in [1.165, 1.54) is 29.1 Å². The first-order valence-corrected chi connectivity index (χ1v) is 8.13. The van der Waals surface area contributed by atoms with E-state index in [2.05, 4.69) is 18.8 Å². The highest BCUT2D eigenvalue weighted by Crippen LogP contribution is 2.17. The minimum atomic E-state index is -0.545. The van der Waals surface area contributed by atoms with E-state index in [-0.39, 0.29) is 28.9 Å². The van der Waals surface area contributed by atoms with Gasteiger partial charge in [-0.3, -0.25) is 24.3 Å². The van der Waals surface area contributed by atoms with E-state index < -0.39 is 10.5 Å². The van der Waals surface area contributed by atoms with Crippen LogP contribution in [-0.4, -0.2) is 20.3 Å². The van der Waals surface area contributed by atoms with E-state index >= 15 is 0 Å². The summed E-state index contributed by atoms with van der Waals surface area (Å²) in [6.07, 6.45) is 1.24. The van der Waals surface area contributed by atoms with Gasteiger partial charge in [-0.1, -0.05) is 38.1 Å². The zero-order valence-electron chi connectivity index (χ0n) is 14.4. The third-order valence-corrected chi connectivity index (χ3v) is 4.23. The van der Waals surface area contributed by atoms with E-state index in [0.717, 1.165) is 5.56 Å². The predicted molar refractivity (Wildman–Crippen MR) is 97.5 cm³/mol. The lowest BCUT2D eigenvalue weighted by Crippen LogP contribution is -2.24. The fourth-order valence-electron chi connectivity index (χ4n) is 2.67. The number of rotatable bonds is 5. The molecule has 132 valence electrons. The molecule has 26 heavy (non-hydrogen) atoms. The molecule has 3 aromatic rings. The molecule has 0 radical (unpaired) electrons. The van der Waals surface area contributed by atoms with Crippen molar-refractivity contribution in [2.24, 2.45) is 0 Å². The highest BCUT2D eigenvalue weighted by molar-refractivity contribution is 5.96. The number of benzene rings is 2. The van der Waals surface area contributed by atoms with Crippen LogP contribution >= 0.6 is 0 Å². The summed E-state index contributed by atoms with van der Waals surface area (Å²) in [5, 5.41) is 11.1. The lowest BCUT2D eigenvalue weighted by Gasteiger charge is -2.08. The van der Waals surface area contributed by atoms with Crippen molar-refractivity contribution in [3.63, 3.8) is 0 Å². The molecule has 0 spiro atoms. The minimum absolute atomic E-state index is 0.136. The summed E-state index contributed by atoms with van der Waals surface area (Å²) >= 11 is 0. The van der Waals surface area contributed by atoms with Crippen LogP contribution in [0.4, 0.5) is 5.69 Å². The molecule has 0 amide bonds. The van der Waals surface area contributed by atoms with Gasteiger partial charge >= 0.3 is 0 Å². The van der Waals surface area contributed by atoms with E-state index in [0.29, 0.717) is 11.5 Å². The van der Waals surface area contributed by atoms with Crippen LogP contribution in [0.3, 0.4) is 0 Å². The summed E-state index contributed by atoms with van der Waals surface area (Å²) < 4.78 is 1.22. The number of ketones is 1. The number of nitrogens with zero attached hydrogens (tertiary/aromatic N) is 3. The van der Waals surface area contributed by atoms with E-state index in [9.17, 15) is 19.7 Å². The average molecular weight is 351 g/mol. The van der Waals surface area contributed by atoms with Crippen molar-refractivity contribution in [1.29, 1.82) is 0 Å². The molecule has 0 bridgehead atoms. The van der Waals surface area contributed by atoms with Crippen molar-refractivity contribution in [2.45, 2.75) is 26.3 Å². The van der Waals surface area contributed by atoms with Crippen molar-refractivity contribution >= 4 is 22.4 Å². The largest absolute Gasteiger partial charge is 0.292 e. The van der Waals surface area contributed by atoms with E-state index in [1.54, 1.807) is 12.1 Å². The van der Waals surface area contributed by atoms with Gasteiger partial charge in [0.2, 0.25) is 0 Å². The Kier molecular flexibility index (Phi) is 4.62. The lowest BCUT2D eigenvalue weighted by molar-refractivity contribution is -0.384. The van der Waals surface area contributed by atoms with Gasteiger partial charge in [-0.2, -0.15) is 0 Å². The number of Topliss-reactive ketones (excluding diaryl/α,β-unsaturated/α-hetero) is 1. The monoisotopic (exact) mass is 351 g/mol. The number of hydrogen-bond donors (Lipinski definition) is 0. The van der Waals surface area contributed by atoms with Gasteiger partial charge in [0.05, 0.1) is 28.7 Å². The maximum absolute atomic E-state index is 12.5. The van der Waals surface area contributed by atoms with Crippen LogP contribution in [0.2, 0.25) is 0 Å². The molecule has 0 N–H and O–H groups in total. The van der Waals surface area contributed by atoms with Gasteiger partial charge in [0.15, 0.2) is 5.78 Å². The molecule has 0 atom stereocenters. The Morgan fingerprint density at radius 2 is 1.88 bits per heavy atom. The quantitative estimate of drug-likeness (QED) is 0.399. The van der Waals surface area contributed by atoms with Crippen molar-refractivity contribution in [2.75, 3.05) is 0 Å². The first-order valence-electron chi connectivity index (χ1n) is 8.13. The van der Waals surface area contributed by atoms with Crippen molar-refractivity contribution in [3.8, 4) is 0 Å². The molecular weight excluding hydrogens is 334 g/mol. The summed E-state index contributed by atoms with van der Waals surface area (Å²) in [7, 11) is 0. The van der Waals surface area contributed by atoms with Crippen LogP contribution in [-0.2, 0) is 6.54 Å². The lowest BCUT2D eigenvalue weighted by atomic mass is 10.0. The second-order valence-electron chi connectivity index (χ2n) is 6.34. The van der Waals surface area contributed by atoms with Gasteiger partial charge in [-0.15, -0.1) is 0 Å². The second-order valence-corrected chi connectivity index (χ2v) is 6.34. The topological polar surface area (TPSA) is 95.1 Å². The number of hydrogen-bond acceptors (Lipinski definition) is 5. The third-order valence-electron chi connectivity index (χ3n) is 4.23. The molecule has 0 aliphatic rings. The van der Waals surface area contributed by atoms with Crippen molar-refractivity contribution in [3.05, 3.63) is 80.4 Å². The van der Waals surface area contributed by atoms with E-state index in [1.807, 2.05) is 12.1 Å². The summed E-state index contributed by atoms with van der Waals surface area (Å²) in [6.45, 7) is 4.00.